The molecule has 12 unspecified atom stereocenters. The summed E-state index contributed by atoms with van der Waals surface area (Å²) in [7, 11) is 8.17. The predicted octanol–water partition coefficient (Wildman–Crippen LogP) is 14.5. The van der Waals surface area contributed by atoms with Crippen molar-refractivity contribution >= 4 is 37.0 Å². The molecule has 10 fully saturated rings. The van der Waals surface area contributed by atoms with Crippen molar-refractivity contribution in [1.29, 1.82) is 0 Å². The molecule has 4 saturated heterocycles. The highest BCUT2D eigenvalue weighted by atomic mass is 31.2. The van der Waals surface area contributed by atoms with Crippen LogP contribution in [-0.2, 0) is 46.6 Å². The van der Waals surface area contributed by atoms with Gasteiger partial charge >= 0.3 is 21.3 Å². The van der Waals surface area contributed by atoms with E-state index >= 15 is 0 Å². The van der Waals surface area contributed by atoms with Gasteiger partial charge in [0.25, 0.3) is 0 Å². The Labute approximate surface area is 552 Å². The summed E-state index contributed by atoms with van der Waals surface area (Å²) in [5.74, 6) is 9.81. The Morgan fingerprint density at radius 3 is 1.54 bits per heavy atom. The van der Waals surface area contributed by atoms with E-state index in [4.69, 9.17) is 53.2 Å². The molecule has 4 aliphatic heterocycles. The number of hydrogen-bond donors (Lipinski definition) is 2. The highest BCUT2D eigenvalue weighted by molar-refractivity contribution is 7.52. The third-order valence-corrected chi connectivity index (χ3v) is 28.9. The number of ether oxygens (including phenoxy) is 6. The Hall–Kier alpha value is -1.06. The second-order valence-corrected chi connectivity index (χ2v) is 37.8. The number of morpholine rings is 2. The third kappa shape index (κ3) is 13.6. The van der Waals surface area contributed by atoms with E-state index in [0.29, 0.717) is 35.4 Å². The van der Waals surface area contributed by atoms with Crippen LogP contribution in [0.4, 0.5) is 4.79 Å². The first-order chi connectivity index (χ1) is 42.8. The van der Waals surface area contributed by atoms with Crippen molar-refractivity contribution in [3.05, 3.63) is 23.3 Å². The van der Waals surface area contributed by atoms with Gasteiger partial charge in [-0.05, 0) is 189 Å². The molecule has 91 heavy (non-hydrogen) atoms. The Bertz CT molecular complexity index is 2730. The number of nitrogens with zero attached hydrogens (tertiary/aromatic N) is 2. The Balaban J connectivity index is 0.000000187. The van der Waals surface area contributed by atoms with E-state index in [1.54, 1.807) is 12.7 Å². The van der Waals surface area contributed by atoms with Gasteiger partial charge in [0.15, 0.2) is 0 Å². The average Bonchev–Trinajstić information content (AvgIpc) is 1.73. The predicted molar refractivity (Wildman–Crippen MR) is 359 cm³/mol. The quantitative estimate of drug-likeness (QED) is 0.0596. The molecular formula is C72H120B2N2O13P2. The lowest BCUT2D eigenvalue weighted by Crippen LogP contribution is -2.53. The zero-order valence-corrected chi connectivity index (χ0v) is 60.4. The first-order valence-corrected chi connectivity index (χ1v) is 40.4. The zero-order valence-electron chi connectivity index (χ0n) is 58.6. The van der Waals surface area contributed by atoms with Gasteiger partial charge in [-0.3, -0.25) is 18.9 Å². The molecule has 4 radical (unpaired) electrons. The lowest BCUT2D eigenvalue weighted by molar-refractivity contribution is -0.134. The van der Waals surface area contributed by atoms with Gasteiger partial charge in [0.2, 0.25) is 0 Å². The van der Waals surface area contributed by atoms with Gasteiger partial charge in [-0.15, -0.1) is 0 Å². The summed E-state index contributed by atoms with van der Waals surface area (Å²) >= 11 is 0. The fraction of sp³-hybridized carbons (Fsp3) is 0.931. The number of rotatable bonds is 22. The topological polar surface area (TPSA) is 172 Å². The van der Waals surface area contributed by atoms with Crippen LogP contribution >= 0.6 is 15.2 Å². The van der Waals surface area contributed by atoms with Crippen LogP contribution in [0.3, 0.4) is 0 Å². The summed E-state index contributed by atoms with van der Waals surface area (Å²) in [6, 6.07) is -2.57. The fourth-order valence-corrected chi connectivity index (χ4v) is 24.9. The van der Waals surface area contributed by atoms with Crippen LogP contribution < -0.4 is 0 Å². The third-order valence-electron chi connectivity index (χ3n) is 27.7. The van der Waals surface area contributed by atoms with Crippen molar-refractivity contribution in [1.82, 2.24) is 9.80 Å². The van der Waals surface area contributed by atoms with Gasteiger partial charge in [-0.25, -0.2) is 4.79 Å². The number of carbonyl (C=O) groups is 1. The second kappa shape index (κ2) is 27.2. The lowest BCUT2D eigenvalue weighted by Gasteiger charge is -2.58. The SMILES string of the molecule is [B][C@@H]1O[C@@]2(COC)CN(C(=O)O[C@H]3CC[C@@]4(C)C(=CCC5C6CCC([C@@H](C)CCCC(C)C)[C@@]6(C)CCC54)C3)[C@H]1C2OP(C)(=O)O.[B][C@@H]1O[C@@]2(COC)CN(CO[C@H]3CC[C@@]4(C)C(=CCC5C6CCC([C@@H](C)CCCC(C)C)[C@@]6(C)CCC54)C3)[C@H]1C2OP(C)(=O)O. The number of carbonyl (C=O) groups excluding carboxylic acids is 1. The number of amides is 1. The van der Waals surface area contributed by atoms with Gasteiger partial charge in [-0.2, -0.15) is 0 Å². The normalized spacial score (nSPS) is 45.7. The van der Waals surface area contributed by atoms with Gasteiger partial charge in [0.05, 0.1) is 44.7 Å². The molecule has 1 amide bonds. The number of methoxy groups -OCH3 is 2. The molecule has 19 heteroatoms. The first-order valence-electron chi connectivity index (χ1n) is 36.4. The molecule has 4 bridgehead atoms. The van der Waals surface area contributed by atoms with E-state index in [0.717, 1.165) is 110 Å². The van der Waals surface area contributed by atoms with Crippen molar-refractivity contribution in [2.45, 2.75) is 270 Å². The summed E-state index contributed by atoms with van der Waals surface area (Å²) < 4.78 is 71.4. The Morgan fingerprint density at radius 2 is 1.07 bits per heavy atom. The van der Waals surface area contributed by atoms with Crippen LogP contribution in [0.25, 0.3) is 0 Å². The molecule has 0 aromatic rings. The van der Waals surface area contributed by atoms with Crippen LogP contribution in [-0.4, -0.2) is 162 Å². The summed E-state index contributed by atoms with van der Waals surface area (Å²) in [5.41, 5.74) is 2.57. The fourth-order valence-electron chi connectivity index (χ4n) is 23.4. The molecule has 4 heterocycles. The molecular weight excluding hydrogens is 1180 g/mol. The molecule has 0 aromatic carbocycles. The summed E-state index contributed by atoms with van der Waals surface area (Å²) in [6.07, 6.45) is 30.8. The van der Waals surface area contributed by atoms with Crippen molar-refractivity contribution in [2.24, 2.45) is 92.7 Å². The first kappa shape index (κ1) is 71.2. The molecule has 2 N–H and O–H groups in total. The van der Waals surface area contributed by atoms with Gasteiger partial charge in [0.1, 0.15) is 45.2 Å². The van der Waals surface area contributed by atoms with E-state index < -0.39 is 62.7 Å². The molecule has 26 atom stereocenters. The largest absolute Gasteiger partial charge is 0.446 e. The molecule has 15 nitrogen and oxygen atoms in total. The van der Waals surface area contributed by atoms with Crippen LogP contribution in [0.15, 0.2) is 23.3 Å². The van der Waals surface area contributed by atoms with Crippen molar-refractivity contribution in [3.8, 4) is 0 Å². The summed E-state index contributed by atoms with van der Waals surface area (Å²) in [4.78, 5) is 37.4. The van der Waals surface area contributed by atoms with Crippen LogP contribution in [0.5, 0.6) is 0 Å². The number of allylic oxidation sites excluding steroid dienone is 2. The van der Waals surface area contributed by atoms with E-state index in [9.17, 15) is 23.7 Å². The smallest absolute Gasteiger partial charge is 0.410 e. The van der Waals surface area contributed by atoms with E-state index in [1.807, 2.05) is 0 Å². The van der Waals surface area contributed by atoms with Crippen LogP contribution in [0.2, 0.25) is 0 Å². The Kier molecular flexibility index (Phi) is 21.3. The highest BCUT2D eigenvalue weighted by Crippen LogP contribution is 2.70. The average molecular weight is 1310 g/mol. The van der Waals surface area contributed by atoms with Crippen molar-refractivity contribution in [3.63, 3.8) is 0 Å². The maximum absolute atomic E-state index is 13.7. The van der Waals surface area contributed by atoms with E-state index in [2.05, 4.69) is 86.3 Å². The Morgan fingerprint density at radius 1 is 0.615 bits per heavy atom. The van der Waals surface area contributed by atoms with Crippen LogP contribution in [0, 0.1) is 92.7 Å². The molecule has 8 aliphatic carbocycles. The number of likely N-dealkylation sites (tertiary alicyclic amines) is 2. The van der Waals surface area contributed by atoms with Gasteiger partial charge in [-0.1, -0.05) is 131 Å². The summed E-state index contributed by atoms with van der Waals surface area (Å²) in [5, 5.41) is 0. The summed E-state index contributed by atoms with van der Waals surface area (Å²) in [6.45, 7) is 28.7. The molecule has 12 rings (SSSR count). The maximum Gasteiger partial charge on any atom is 0.410 e. The molecule has 6 saturated carbocycles. The minimum Gasteiger partial charge on any atom is -0.446 e. The number of fused-ring (bicyclic) bond motifs is 14. The molecule has 512 valence electrons. The highest BCUT2D eigenvalue weighted by Gasteiger charge is 2.68. The van der Waals surface area contributed by atoms with Gasteiger partial charge < -0.3 is 47.3 Å². The van der Waals surface area contributed by atoms with Crippen molar-refractivity contribution < 1.29 is 61.2 Å². The molecule has 12 aliphatic rings. The molecule has 0 aromatic heterocycles. The molecule has 0 spiro atoms. The van der Waals surface area contributed by atoms with Gasteiger partial charge in [0, 0.05) is 52.5 Å². The lowest BCUT2D eigenvalue weighted by atomic mass is 9.47. The van der Waals surface area contributed by atoms with Crippen molar-refractivity contribution in [2.75, 3.05) is 60.6 Å². The zero-order chi connectivity index (χ0) is 65.6. The van der Waals surface area contributed by atoms with Crippen LogP contribution in [0.1, 0.15) is 210 Å². The standard InChI is InChI=1S/C36H59BNO7P.C36H61BNO6P/c1-22(2)9-8-10-23(3)27-13-14-28-26-12-11-24-19-25(15-17-34(24,4)29(26)16-18-35(27,28)5)43-33(39)38-20-36(21-42-6)31(45-46(7,40)41)30(38)32(37)44-36;1-23(2)9-8-10-24(3)28-13-14-29-27-12-11-25-19-26(15-17-34(25,4)30(27)16-18-35(28,29)5)42-22-38-20-36(21-41-6)32(44-45(7,39)40)31(38)33(37)43-36/h11,22-23,25-32H,8-10,12-21H2,1-7H3,(H,40,41);11,23-24,26-33H,8-10,12-22H2,1-7H3,(H,39,40)/t23-,25-,26?,27?,28?,29?,30-,31?,32+,34-,35+,36+;24-,26-,27?,28?,29?,30?,31-,32?,33+,34-,35+,36+/m00/s1. The number of hydrogen-bond acceptors (Lipinski definition) is 12. The maximum atomic E-state index is 13.7. The minimum absolute atomic E-state index is 0.0840. The minimum atomic E-state index is -3.88. The second-order valence-electron chi connectivity index (χ2n) is 34.2. The van der Waals surface area contributed by atoms with E-state index in [-0.39, 0.29) is 43.4 Å². The van der Waals surface area contributed by atoms with E-state index in [1.165, 1.54) is 127 Å². The monoisotopic (exact) mass is 1300 g/mol.